The summed E-state index contributed by atoms with van der Waals surface area (Å²) in [6, 6.07) is 0. The van der Waals surface area contributed by atoms with E-state index in [0.717, 1.165) is 15.6 Å². The molecule has 2 heterocycles. The zero-order valence-electron chi connectivity index (χ0n) is 10.2. The van der Waals surface area contributed by atoms with Crippen LogP contribution in [0.25, 0.3) is 0 Å². The summed E-state index contributed by atoms with van der Waals surface area (Å²) in [7, 11) is 1.77. The first-order valence-corrected chi connectivity index (χ1v) is 7.16. The van der Waals surface area contributed by atoms with Gasteiger partial charge in [0.25, 0.3) is 5.91 Å². The van der Waals surface area contributed by atoms with Gasteiger partial charge >= 0.3 is 0 Å². The Hall–Kier alpha value is -1.31. The molecule has 0 aliphatic rings. The lowest BCUT2D eigenvalue weighted by Gasteiger charge is -2.14. The molecule has 0 fully saturated rings. The Kier molecular flexibility index (Phi) is 4.05. The van der Waals surface area contributed by atoms with Crippen LogP contribution < -0.4 is 5.73 Å². The molecule has 2 aromatic heterocycles. The van der Waals surface area contributed by atoms with Gasteiger partial charge in [-0.15, -0.1) is 22.7 Å². The summed E-state index contributed by atoms with van der Waals surface area (Å²) >= 11 is 2.97. The van der Waals surface area contributed by atoms with Crippen LogP contribution in [-0.2, 0) is 13.1 Å². The SMILES string of the molecule is Cc1ncsc1CN(C)C(=O)c1csc(CN)n1. The summed E-state index contributed by atoms with van der Waals surface area (Å²) in [4.78, 5) is 23.2. The summed E-state index contributed by atoms with van der Waals surface area (Å²) in [6.07, 6.45) is 0. The molecular formula is C11H14N4OS2. The lowest BCUT2D eigenvalue weighted by Crippen LogP contribution is -2.26. The average Bonchev–Trinajstić information content (AvgIpc) is 2.98. The molecule has 1 amide bonds. The number of nitrogens with zero attached hydrogens (tertiary/aromatic N) is 3. The fraction of sp³-hybridized carbons (Fsp3) is 0.364. The number of nitrogens with two attached hydrogens (primary N) is 1. The van der Waals surface area contributed by atoms with Crippen LogP contribution in [0.3, 0.4) is 0 Å². The van der Waals surface area contributed by atoms with E-state index in [-0.39, 0.29) is 5.91 Å². The predicted octanol–water partition coefficient (Wildman–Crippen LogP) is 1.64. The van der Waals surface area contributed by atoms with E-state index in [1.54, 1.807) is 34.2 Å². The van der Waals surface area contributed by atoms with Crippen LogP contribution in [0.15, 0.2) is 10.9 Å². The lowest BCUT2D eigenvalue weighted by atomic mass is 10.3. The summed E-state index contributed by atoms with van der Waals surface area (Å²) in [5, 5.41) is 2.53. The molecule has 0 bridgehead atoms. The number of hydrogen-bond acceptors (Lipinski definition) is 6. The highest BCUT2D eigenvalue weighted by molar-refractivity contribution is 7.10. The second-order valence-corrected chi connectivity index (χ2v) is 5.73. The van der Waals surface area contributed by atoms with E-state index in [2.05, 4.69) is 9.97 Å². The number of carbonyl (C=O) groups excluding carboxylic acids is 1. The average molecular weight is 282 g/mol. The van der Waals surface area contributed by atoms with E-state index in [1.807, 2.05) is 6.92 Å². The normalized spacial score (nSPS) is 10.6. The van der Waals surface area contributed by atoms with Gasteiger partial charge in [0.05, 0.1) is 17.7 Å². The number of hydrogen-bond donors (Lipinski definition) is 1. The molecule has 0 spiro atoms. The van der Waals surface area contributed by atoms with E-state index in [4.69, 9.17) is 5.73 Å². The van der Waals surface area contributed by atoms with Crippen LogP contribution in [0.4, 0.5) is 0 Å². The van der Waals surface area contributed by atoms with Crippen molar-refractivity contribution in [2.45, 2.75) is 20.0 Å². The molecule has 7 heteroatoms. The smallest absolute Gasteiger partial charge is 0.273 e. The van der Waals surface area contributed by atoms with Crippen LogP contribution in [0.2, 0.25) is 0 Å². The Morgan fingerprint density at radius 2 is 2.28 bits per heavy atom. The minimum absolute atomic E-state index is 0.0845. The molecule has 0 saturated carbocycles. The molecule has 18 heavy (non-hydrogen) atoms. The first-order valence-electron chi connectivity index (χ1n) is 5.40. The van der Waals surface area contributed by atoms with E-state index < -0.39 is 0 Å². The molecule has 2 aromatic rings. The van der Waals surface area contributed by atoms with Crippen molar-refractivity contribution in [3.8, 4) is 0 Å². The lowest BCUT2D eigenvalue weighted by molar-refractivity contribution is 0.0781. The number of aryl methyl sites for hydroxylation is 1. The Bertz CT molecular complexity index is 549. The number of thiazole rings is 2. The van der Waals surface area contributed by atoms with Gasteiger partial charge in [-0.05, 0) is 6.92 Å². The second-order valence-electron chi connectivity index (χ2n) is 3.85. The van der Waals surface area contributed by atoms with Gasteiger partial charge in [0, 0.05) is 23.8 Å². The number of amides is 1. The van der Waals surface area contributed by atoms with Crippen LogP contribution in [0, 0.1) is 6.92 Å². The molecule has 0 aromatic carbocycles. The molecule has 0 aliphatic carbocycles. The topological polar surface area (TPSA) is 72.1 Å². The number of aromatic nitrogens is 2. The molecular weight excluding hydrogens is 268 g/mol. The largest absolute Gasteiger partial charge is 0.335 e. The van der Waals surface area contributed by atoms with Crippen LogP contribution in [-0.4, -0.2) is 27.8 Å². The van der Waals surface area contributed by atoms with Crippen LogP contribution in [0.5, 0.6) is 0 Å². The zero-order valence-corrected chi connectivity index (χ0v) is 11.8. The van der Waals surface area contributed by atoms with Crippen molar-refractivity contribution in [3.05, 3.63) is 32.2 Å². The Morgan fingerprint density at radius 1 is 1.50 bits per heavy atom. The third kappa shape index (κ3) is 2.74. The third-order valence-corrected chi connectivity index (χ3v) is 4.31. The quantitative estimate of drug-likeness (QED) is 0.925. The number of rotatable bonds is 4. The van der Waals surface area contributed by atoms with E-state index in [1.165, 1.54) is 11.3 Å². The Labute approximate surface area is 113 Å². The first kappa shape index (κ1) is 13.1. The molecule has 5 nitrogen and oxygen atoms in total. The van der Waals surface area contributed by atoms with Crippen molar-refractivity contribution in [2.24, 2.45) is 5.73 Å². The summed E-state index contributed by atoms with van der Waals surface area (Å²) < 4.78 is 0. The maximum atomic E-state index is 12.1. The molecule has 0 radical (unpaired) electrons. The van der Waals surface area contributed by atoms with Gasteiger partial charge in [-0.1, -0.05) is 0 Å². The molecule has 2 rings (SSSR count). The maximum Gasteiger partial charge on any atom is 0.273 e. The van der Waals surface area contributed by atoms with Crippen LogP contribution >= 0.6 is 22.7 Å². The van der Waals surface area contributed by atoms with Gasteiger partial charge < -0.3 is 10.6 Å². The zero-order chi connectivity index (χ0) is 13.1. The first-order chi connectivity index (χ1) is 8.61. The predicted molar refractivity (Wildman–Crippen MR) is 72.7 cm³/mol. The van der Waals surface area contributed by atoms with Crippen molar-refractivity contribution < 1.29 is 4.79 Å². The van der Waals surface area contributed by atoms with Crippen molar-refractivity contribution in [3.63, 3.8) is 0 Å². The molecule has 0 atom stereocenters. The van der Waals surface area contributed by atoms with Crippen molar-refractivity contribution in [1.29, 1.82) is 0 Å². The van der Waals surface area contributed by atoms with Crippen molar-refractivity contribution >= 4 is 28.6 Å². The van der Waals surface area contributed by atoms with Gasteiger partial charge in [0.2, 0.25) is 0 Å². The third-order valence-electron chi connectivity index (χ3n) is 2.52. The molecule has 96 valence electrons. The molecule has 0 aliphatic heterocycles. The van der Waals surface area contributed by atoms with E-state index >= 15 is 0 Å². The van der Waals surface area contributed by atoms with Gasteiger partial charge in [-0.2, -0.15) is 0 Å². The highest BCUT2D eigenvalue weighted by Gasteiger charge is 2.16. The molecule has 0 saturated heterocycles. The van der Waals surface area contributed by atoms with Gasteiger partial charge in [-0.3, -0.25) is 4.79 Å². The molecule has 0 unspecified atom stereocenters. The Balaban J connectivity index is 2.07. The second kappa shape index (κ2) is 5.55. The summed E-state index contributed by atoms with van der Waals surface area (Å²) in [5.74, 6) is -0.0845. The highest BCUT2D eigenvalue weighted by atomic mass is 32.1. The summed E-state index contributed by atoms with van der Waals surface area (Å²) in [6.45, 7) is 2.87. The fourth-order valence-electron chi connectivity index (χ4n) is 1.46. The van der Waals surface area contributed by atoms with Gasteiger partial charge in [-0.25, -0.2) is 9.97 Å². The summed E-state index contributed by atoms with van der Waals surface area (Å²) in [5.41, 5.74) is 8.71. The van der Waals surface area contributed by atoms with Crippen molar-refractivity contribution in [2.75, 3.05) is 7.05 Å². The minimum atomic E-state index is -0.0845. The molecule has 2 N–H and O–H groups in total. The van der Waals surface area contributed by atoms with Gasteiger partial charge in [0.15, 0.2) is 0 Å². The Morgan fingerprint density at radius 3 is 2.83 bits per heavy atom. The van der Waals surface area contributed by atoms with Crippen molar-refractivity contribution in [1.82, 2.24) is 14.9 Å². The van der Waals surface area contributed by atoms with E-state index in [0.29, 0.717) is 18.8 Å². The van der Waals surface area contributed by atoms with Gasteiger partial charge in [0.1, 0.15) is 10.7 Å². The number of carbonyl (C=O) groups is 1. The monoisotopic (exact) mass is 282 g/mol. The highest BCUT2D eigenvalue weighted by Crippen LogP contribution is 2.16. The maximum absolute atomic E-state index is 12.1. The van der Waals surface area contributed by atoms with E-state index in [9.17, 15) is 4.79 Å². The fourth-order valence-corrected chi connectivity index (χ4v) is 2.94. The van der Waals surface area contributed by atoms with Crippen LogP contribution in [0.1, 0.15) is 26.1 Å². The standard InChI is InChI=1S/C11H14N4OS2/c1-7-9(18-6-13-7)4-15(2)11(16)8-5-17-10(3-12)14-8/h5-6H,3-4,12H2,1-2H3. The minimum Gasteiger partial charge on any atom is -0.335 e.